The number of aliphatic imine (C=N–C) groups is 1. The van der Waals surface area contributed by atoms with Crippen molar-refractivity contribution in [1.29, 1.82) is 0 Å². The summed E-state index contributed by atoms with van der Waals surface area (Å²) in [6.45, 7) is 9.26. The van der Waals surface area contributed by atoms with E-state index in [-0.39, 0.29) is 0 Å². The topological polar surface area (TPSA) is 40.1 Å². The molecule has 2 aliphatic rings. The van der Waals surface area contributed by atoms with Crippen LogP contribution in [0.25, 0.3) is 0 Å². The zero-order valence-corrected chi connectivity index (χ0v) is 15.0. The summed E-state index contributed by atoms with van der Waals surface area (Å²) in [6.07, 6.45) is 1.22. The van der Waals surface area contributed by atoms with Gasteiger partial charge in [0.05, 0.1) is 13.2 Å². The van der Waals surface area contributed by atoms with E-state index in [2.05, 4.69) is 43.9 Å². The number of nitrogens with zero attached hydrogens (tertiary/aromatic N) is 3. The first kappa shape index (κ1) is 16.7. The highest BCUT2D eigenvalue weighted by atomic mass is 32.1. The lowest BCUT2D eigenvalue weighted by Crippen LogP contribution is -2.47. The minimum atomic E-state index is 0.510. The van der Waals surface area contributed by atoms with Gasteiger partial charge < -0.3 is 15.0 Å². The Morgan fingerprint density at radius 1 is 1.43 bits per heavy atom. The minimum Gasteiger partial charge on any atom is -0.379 e. The molecule has 0 radical (unpaired) electrons. The summed E-state index contributed by atoms with van der Waals surface area (Å²) in [6, 6.07) is 2.86. The molecule has 0 bridgehead atoms. The van der Waals surface area contributed by atoms with Crippen molar-refractivity contribution >= 4 is 17.3 Å². The van der Waals surface area contributed by atoms with Gasteiger partial charge >= 0.3 is 0 Å². The Bertz CT molecular complexity index is 499. The van der Waals surface area contributed by atoms with E-state index >= 15 is 0 Å². The van der Waals surface area contributed by atoms with Gasteiger partial charge in [-0.25, -0.2) is 0 Å². The maximum Gasteiger partial charge on any atom is 0.193 e. The van der Waals surface area contributed by atoms with Crippen LogP contribution in [-0.4, -0.2) is 74.8 Å². The van der Waals surface area contributed by atoms with Crippen molar-refractivity contribution in [2.45, 2.75) is 25.3 Å². The van der Waals surface area contributed by atoms with Crippen LogP contribution in [0.5, 0.6) is 0 Å². The number of rotatable bonds is 4. The standard InChI is InChI=1S/C17H28N4OS/c1-14(15-4-10-23-13-15)11-19-17(18-2)21-5-3-16(12-21)20-6-8-22-9-7-20/h4,10,13-14,16H,3,5-9,11-12H2,1-2H3,(H,18,19). The fourth-order valence-corrected chi connectivity index (χ4v) is 4.21. The highest BCUT2D eigenvalue weighted by molar-refractivity contribution is 7.07. The molecule has 1 aromatic heterocycles. The molecule has 23 heavy (non-hydrogen) atoms. The zero-order valence-electron chi connectivity index (χ0n) is 14.2. The van der Waals surface area contributed by atoms with Gasteiger partial charge in [-0.2, -0.15) is 11.3 Å². The molecule has 0 saturated carbocycles. The molecular weight excluding hydrogens is 308 g/mol. The number of hydrogen-bond donors (Lipinski definition) is 1. The summed E-state index contributed by atoms with van der Waals surface area (Å²) in [4.78, 5) is 9.47. The van der Waals surface area contributed by atoms with Crippen LogP contribution in [-0.2, 0) is 4.74 Å². The monoisotopic (exact) mass is 336 g/mol. The fourth-order valence-electron chi connectivity index (χ4n) is 3.42. The van der Waals surface area contributed by atoms with Crippen molar-refractivity contribution in [2.24, 2.45) is 4.99 Å². The molecular formula is C17H28N4OS. The number of hydrogen-bond acceptors (Lipinski definition) is 4. The predicted octanol–water partition coefficient (Wildman–Crippen LogP) is 1.83. The lowest BCUT2D eigenvalue weighted by atomic mass is 10.1. The zero-order chi connectivity index (χ0) is 16.1. The quantitative estimate of drug-likeness (QED) is 0.673. The Morgan fingerprint density at radius 3 is 2.96 bits per heavy atom. The number of thiophene rings is 1. The molecule has 2 aliphatic heterocycles. The van der Waals surface area contributed by atoms with Crippen LogP contribution >= 0.6 is 11.3 Å². The van der Waals surface area contributed by atoms with E-state index in [0.29, 0.717) is 12.0 Å². The maximum absolute atomic E-state index is 5.46. The molecule has 0 spiro atoms. The third kappa shape index (κ3) is 4.25. The van der Waals surface area contributed by atoms with Gasteiger partial charge in [0.1, 0.15) is 0 Å². The minimum absolute atomic E-state index is 0.510. The van der Waals surface area contributed by atoms with Crippen LogP contribution in [0.15, 0.2) is 21.8 Å². The summed E-state index contributed by atoms with van der Waals surface area (Å²) in [5, 5.41) is 7.94. The molecule has 2 fully saturated rings. The van der Waals surface area contributed by atoms with E-state index in [0.717, 1.165) is 51.9 Å². The first-order valence-corrected chi connectivity index (χ1v) is 9.51. The first-order chi connectivity index (χ1) is 11.3. The summed E-state index contributed by atoms with van der Waals surface area (Å²) in [5.74, 6) is 1.55. The highest BCUT2D eigenvalue weighted by Gasteiger charge is 2.30. The third-order valence-corrected chi connectivity index (χ3v) is 5.62. The SMILES string of the molecule is CN=C(NCC(C)c1ccsc1)N1CCC(N2CCOCC2)C1. The van der Waals surface area contributed by atoms with Gasteiger partial charge in [-0.15, -0.1) is 0 Å². The Balaban J connectivity index is 1.49. The van der Waals surface area contributed by atoms with Crippen LogP contribution < -0.4 is 5.32 Å². The molecule has 5 nitrogen and oxygen atoms in total. The molecule has 3 heterocycles. The maximum atomic E-state index is 5.46. The fraction of sp³-hybridized carbons (Fsp3) is 0.706. The molecule has 0 amide bonds. The van der Waals surface area contributed by atoms with Crippen molar-refractivity contribution in [2.75, 3.05) is 53.0 Å². The average Bonchev–Trinajstić information content (AvgIpc) is 3.28. The van der Waals surface area contributed by atoms with Crippen molar-refractivity contribution in [3.8, 4) is 0 Å². The number of morpholine rings is 1. The lowest BCUT2D eigenvalue weighted by molar-refractivity contribution is 0.0195. The largest absolute Gasteiger partial charge is 0.379 e. The van der Waals surface area contributed by atoms with Gasteiger partial charge in [0.15, 0.2) is 5.96 Å². The van der Waals surface area contributed by atoms with Gasteiger partial charge in [-0.1, -0.05) is 6.92 Å². The first-order valence-electron chi connectivity index (χ1n) is 8.57. The van der Waals surface area contributed by atoms with Gasteiger partial charge in [-0.05, 0) is 34.7 Å². The Hall–Kier alpha value is -1.11. The number of likely N-dealkylation sites (tertiary alicyclic amines) is 1. The number of guanidine groups is 1. The normalized spacial score (nSPS) is 24.9. The molecule has 128 valence electrons. The molecule has 1 aromatic rings. The third-order valence-electron chi connectivity index (χ3n) is 4.92. The summed E-state index contributed by atoms with van der Waals surface area (Å²) in [7, 11) is 1.89. The van der Waals surface area contributed by atoms with Crippen molar-refractivity contribution in [1.82, 2.24) is 15.1 Å². The molecule has 2 atom stereocenters. The highest BCUT2D eigenvalue weighted by Crippen LogP contribution is 2.19. The predicted molar refractivity (Wildman–Crippen MR) is 96.5 cm³/mol. The second-order valence-electron chi connectivity index (χ2n) is 6.42. The van der Waals surface area contributed by atoms with Crippen LogP contribution in [0.1, 0.15) is 24.8 Å². The lowest BCUT2D eigenvalue weighted by Gasteiger charge is -2.32. The average molecular weight is 337 g/mol. The van der Waals surface area contributed by atoms with Crippen LogP contribution in [0.2, 0.25) is 0 Å². The van der Waals surface area contributed by atoms with E-state index in [1.165, 1.54) is 12.0 Å². The summed E-state index contributed by atoms with van der Waals surface area (Å²) < 4.78 is 5.46. The second kappa shape index (κ2) is 8.13. The number of ether oxygens (including phenoxy) is 1. The van der Waals surface area contributed by atoms with Crippen molar-refractivity contribution < 1.29 is 4.74 Å². The van der Waals surface area contributed by atoms with E-state index in [4.69, 9.17) is 4.74 Å². The smallest absolute Gasteiger partial charge is 0.193 e. The van der Waals surface area contributed by atoms with E-state index in [1.807, 2.05) is 7.05 Å². The Morgan fingerprint density at radius 2 is 2.26 bits per heavy atom. The van der Waals surface area contributed by atoms with E-state index < -0.39 is 0 Å². The molecule has 2 unspecified atom stereocenters. The van der Waals surface area contributed by atoms with E-state index in [9.17, 15) is 0 Å². The molecule has 0 aliphatic carbocycles. The molecule has 0 aromatic carbocycles. The van der Waals surface area contributed by atoms with Crippen LogP contribution in [0.4, 0.5) is 0 Å². The van der Waals surface area contributed by atoms with E-state index in [1.54, 1.807) is 11.3 Å². The Labute approximate surface area is 143 Å². The van der Waals surface area contributed by atoms with Gasteiger partial charge in [-0.3, -0.25) is 9.89 Å². The second-order valence-corrected chi connectivity index (χ2v) is 7.20. The molecule has 1 N–H and O–H groups in total. The van der Waals surface area contributed by atoms with Crippen molar-refractivity contribution in [3.63, 3.8) is 0 Å². The number of nitrogens with one attached hydrogen (secondary N) is 1. The van der Waals surface area contributed by atoms with Gasteiger partial charge in [0.2, 0.25) is 0 Å². The molecule has 2 saturated heterocycles. The Kier molecular flexibility index (Phi) is 5.91. The van der Waals surface area contributed by atoms with Crippen molar-refractivity contribution in [3.05, 3.63) is 22.4 Å². The van der Waals surface area contributed by atoms with Crippen LogP contribution in [0, 0.1) is 0 Å². The summed E-state index contributed by atoms with van der Waals surface area (Å²) >= 11 is 1.77. The summed E-state index contributed by atoms with van der Waals surface area (Å²) in [5.41, 5.74) is 1.41. The van der Waals surface area contributed by atoms with Crippen LogP contribution in [0.3, 0.4) is 0 Å². The molecule has 6 heteroatoms. The van der Waals surface area contributed by atoms with Gasteiger partial charge in [0, 0.05) is 45.8 Å². The molecule has 3 rings (SSSR count). The van der Waals surface area contributed by atoms with Gasteiger partial charge in [0.25, 0.3) is 0 Å².